The largest absolute Gasteiger partial charge is 1.00 e. The number of para-hydroxylation sites is 1. The number of benzene rings is 2. The maximum absolute atomic E-state index is 5.76. The van der Waals surface area contributed by atoms with Crippen molar-refractivity contribution in [1.29, 1.82) is 0 Å². The molecule has 2 aromatic carbocycles. The Morgan fingerprint density at radius 1 is 0.850 bits per heavy atom. The molecule has 0 bridgehead atoms. The van der Waals surface area contributed by atoms with Crippen LogP contribution in [-0.2, 0) is 6.54 Å². The monoisotopic (exact) mass is 335 g/mol. The molecule has 108 valence electrons. The van der Waals surface area contributed by atoms with Gasteiger partial charge in [-0.2, -0.15) is 0 Å². The van der Waals surface area contributed by atoms with E-state index < -0.39 is 0 Å². The van der Waals surface area contributed by atoms with Gasteiger partial charge in [-0.25, -0.2) is 0 Å². The summed E-state index contributed by atoms with van der Waals surface area (Å²) in [7, 11) is 4.47. The molecule has 0 aliphatic rings. The fourth-order valence-corrected chi connectivity index (χ4v) is 2.08. The van der Waals surface area contributed by atoms with Crippen LogP contribution in [0.25, 0.3) is 0 Å². The number of rotatable bonds is 6. The van der Waals surface area contributed by atoms with E-state index in [0.717, 1.165) is 29.9 Å². The second-order valence-corrected chi connectivity index (χ2v) is 5.46. The van der Waals surface area contributed by atoms with E-state index in [2.05, 4.69) is 44.4 Å². The highest BCUT2D eigenvalue weighted by Gasteiger charge is 2.15. The van der Waals surface area contributed by atoms with Crippen LogP contribution in [0.15, 0.2) is 60.7 Å². The van der Waals surface area contributed by atoms with Gasteiger partial charge in [0.1, 0.15) is 25.4 Å². The van der Waals surface area contributed by atoms with Gasteiger partial charge in [-0.05, 0) is 12.1 Å². The normalized spacial score (nSPS) is 10.7. The summed E-state index contributed by atoms with van der Waals surface area (Å²) in [5.74, 6) is 0.946. The van der Waals surface area contributed by atoms with Gasteiger partial charge in [0.2, 0.25) is 0 Å². The van der Waals surface area contributed by atoms with Gasteiger partial charge in [0, 0.05) is 5.56 Å². The van der Waals surface area contributed by atoms with Crippen molar-refractivity contribution in [2.75, 3.05) is 27.2 Å². The van der Waals surface area contributed by atoms with E-state index in [-0.39, 0.29) is 17.0 Å². The zero-order chi connectivity index (χ0) is 13.6. The zero-order valence-electron chi connectivity index (χ0n) is 12.1. The van der Waals surface area contributed by atoms with Crippen LogP contribution in [0.3, 0.4) is 0 Å². The number of hydrogen-bond acceptors (Lipinski definition) is 1. The van der Waals surface area contributed by atoms with E-state index in [4.69, 9.17) is 4.74 Å². The molecule has 20 heavy (non-hydrogen) atoms. The third-order valence-corrected chi connectivity index (χ3v) is 3.16. The summed E-state index contributed by atoms with van der Waals surface area (Å²) in [5, 5.41) is 0. The number of likely N-dealkylation sites (N-methyl/N-ethyl adjacent to an activating group) is 1. The molecular formula is C17H22BrNO. The van der Waals surface area contributed by atoms with Crippen molar-refractivity contribution in [2.45, 2.75) is 6.54 Å². The Morgan fingerprint density at radius 3 is 2.00 bits per heavy atom. The van der Waals surface area contributed by atoms with Gasteiger partial charge in [0.15, 0.2) is 0 Å². The minimum absolute atomic E-state index is 0. The number of hydrogen-bond donors (Lipinski definition) is 0. The maximum atomic E-state index is 5.76. The maximum Gasteiger partial charge on any atom is 0.137 e. The lowest BCUT2D eigenvalue weighted by atomic mass is 10.2. The van der Waals surface area contributed by atoms with Gasteiger partial charge >= 0.3 is 0 Å². The second-order valence-electron chi connectivity index (χ2n) is 5.46. The van der Waals surface area contributed by atoms with Gasteiger partial charge in [-0.15, -0.1) is 0 Å². The van der Waals surface area contributed by atoms with Gasteiger partial charge in [0.25, 0.3) is 0 Å². The molecule has 0 aliphatic heterocycles. The van der Waals surface area contributed by atoms with Crippen LogP contribution in [0.1, 0.15) is 5.56 Å². The van der Waals surface area contributed by atoms with E-state index in [1.165, 1.54) is 5.56 Å². The average Bonchev–Trinajstić information content (AvgIpc) is 2.40. The van der Waals surface area contributed by atoms with Crippen LogP contribution < -0.4 is 21.7 Å². The van der Waals surface area contributed by atoms with Crippen molar-refractivity contribution in [3.05, 3.63) is 66.2 Å². The molecule has 0 amide bonds. The molecule has 2 aromatic rings. The molecule has 0 unspecified atom stereocenters. The molecule has 0 saturated carbocycles. The van der Waals surface area contributed by atoms with E-state index >= 15 is 0 Å². The lowest BCUT2D eigenvalue weighted by Gasteiger charge is -2.29. The van der Waals surface area contributed by atoms with Crippen molar-refractivity contribution in [3.63, 3.8) is 0 Å². The minimum Gasteiger partial charge on any atom is -1.00 e. The number of nitrogens with zero attached hydrogens (tertiary/aromatic N) is 1. The summed E-state index contributed by atoms with van der Waals surface area (Å²) in [5.41, 5.74) is 1.37. The van der Waals surface area contributed by atoms with Gasteiger partial charge < -0.3 is 26.2 Å². The molecule has 0 radical (unpaired) electrons. The van der Waals surface area contributed by atoms with Crippen molar-refractivity contribution in [1.82, 2.24) is 0 Å². The molecule has 2 nitrogen and oxygen atoms in total. The Morgan fingerprint density at radius 2 is 1.40 bits per heavy atom. The first-order valence-corrected chi connectivity index (χ1v) is 6.69. The summed E-state index contributed by atoms with van der Waals surface area (Å²) in [6.45, 7) is 2.76. The molecule has 0 fully saturated rings. The first kappa shape index (κ1) is 16.7. The zero-order valence-corrected chi connectivity index (χ0v) is 13.7. The molecular weight excluding hydrogens is 314 g/mol. The van der Waals surface area contributed by atoms with Gasteiger partial charge in [-0.1, -0.05) is 48.5 Å². The van der Waals surface area contributed by atoms with Gasteiger partial charge in [-0.3, -0.25) is 0 Å². The fraction of sp³-hybridized carbons (Fsp3) is 0.294. The summed E-state index contributed by atoms with van der Waals surface area (Å²) < 4.78 is 6.69. The third-order valence-electron chi connectivity index (χ3n) is 3.16. The molecule has 0 N–H and O–H groups in total. The highest BCUT2D eigenvalue weighted by atomic mass is 79.9. The van der Waals surface area contributed by atoms with E-state index in [0.29, 0.717) is 0 Å². The van der Waals surface area contributed by atoms with Crippen LogP contribution in [0.4, 0.5) is 0 Å². The van der Waals surface area contributed by atoms with E-state index in [9.17, 15) is 0 Å². The first-order valence-electron chi connectivity index (χ1n) is 6.69. The molecule has 0 spiro atoms. The summed E-state index contributed by atoms with van der Waals surface area (Å²) in [6, 6.07) is 20.6. The Hall–Kier alpha value is -1.32. The molecule has 0 aliphatic carbocycles. The highest BCUT2D eigenvalue weighted by Crippen LogP contribution is 2.11. The minimum atomic E-state index is 0. The summed E-state index contributed by atoms with van der Waals surface area (Å²) in [6.07, 6.45) is 0. The first-order chi connectivity index (χ1) is 9.16. The summed E-state index contributed by atoms with van der Waals surface area (Å²) >= 11 is 0. The van der Waals surface area contributed by atoms with Gasteiger partial charge in [0.05, 0.1) is 14.1 Å². The fourth-order valence-electron chi connectivity index (χ4n) is 2.08. The molecule has 0 heterocycles. The van der Waals surface area contributed by atoms with Crippen LogP contribution >= 0.6 is 0 Å². The Labute approximate surface area is 132 Å². The SMILES string of the molecule is C[N+](C)(CCOc1ccccc1)Cc1ccccc1.[Br-]. The lowest BCUT2D eigenvalue weighted by Crippen LogP contribution is -3.00. The van der Waals surface area contributed by atoms with Crippen molar-refractivity contribution in [3.8, 4) is 5.75 Å². The Balaban J connectivity index is 0.00000200. The average molecular weight is 336 g/mol. The van der Waals surface area contributed by atoms with Crippen LogP contribution in [0, 0.1) is 0 Å². The Kier molecular flexibility index (Phi) is 6.76. The standard InChI is InChI=1S/C17H22NO.BrH/c1-18(2,15-16-9-5-3-6-10-16)13-14-19-17-11-7-4-8-12-17;/h3-12H,13-15H2,1-2H3;1H/q+1;/p-1. The topological polar surface area (TPSA) is 9.23 Å². The van der Waals surface area contributed by atoms with Crippen LogP contribution in [0.5, 0.6) is 5.75 Å². The molecule has 2 rings (SSSR count). The summed E-state index contributed by atoms with van der Waals surface area (Å²) in [4.78, 5) is 0. The molecule has 3 heteroatoms. The van der Waals surface area contributed by atoms with Crippen molar-refractivity contribution >= 4 is 0 Å². The molecule has 0 aromatic heterocycles. The highest BCUT2D eigenvalue weighted by molar-refractivity contribution is 5.20. The predicted molar refractivity (Wildman–Crippen MR) is 79.1 cm³/mol. The van der Waals surface area contributed by atoms with Crippen molar-refractivity contribution < 1.29 is 26.2 Å². The van der Waals surface area contributed by atoms with E-state index in [1.54, 1.807) is 0 Å². The number of halogens is 1. The molecule has 0 atom stereocenters. The number of ether oxygens (including phenoxy) is 1. The van der Waals surface area contributed by atoms with Crippen LogP contribution in [0.2, 0.25) is 0 Å². The third kappa shape index (κ3) is 5.76. The quantitative estimate of drug-likeness (QED) is 0.692. The smallest absolute Gasteiger partial charge is 0.137 e. The predicted octanol–water partition coefficient (Wildman–Crippen LogP) is 0.346. The second kappa shape index (κ2) is 8.08. The van der Waals surface area contributed by atoms with Crippen LogP contribution in [-0.4, -0.2) is 31.7 Å². The van der Waals surface area contributed by atoms with Crippen molar-refractivity contribution in [2.24, 2.45) is 0 Å². The molecule has 0 saturated heterocycles. The Bertz CT molecular complexity index is 485. The lowest BCUT2D eigenvalue weighted by molar-refractivity contribution is -0.903. The number of quaternary nitrogens is 1. The van der Waals surface area contributed by atoms with E-state index in [1.807, 2.05) is 30.3 Å².